The topological polar surface area (TPSA) is 94.1 Å². The first-order valence-electron chi connectivity index (χ1n) is 9.25. The molecule has 0 atom stereocenters. The molecule has 1 saturated heterocycles. The second-order valence-corrected chi connectivity index (χ2v) is 7.50. The summed E-state index contributed by atoms with van der Waals surface area (Å²) in [6, 6.07) is 5.87. The maximum Gasteiger partial charge on any atom is 0.256 e. The van der Waals surface area contributed by atoms with Crippen molar-refractivity contribution in [3.05, 3.63) is 52.6 Å². The molecule has 7 nitrogen and oxygen atoms in total. The molecule has 1 aromatic carbocycles. The van der Waals surface area contributed by atoms with E-state index >= 15 is 0 Å². The number of primary amides is 1. The van der Waals surface area contributed by atoms with Gasteiger partial charge in [-0.1, -0.05) is 11.6 Å². The lowest BCUT2D eigenvalue weighted by Gasteiger charge is -2.30. The van der Waals surface area contributed by atoms with Gasteiger partial charge in [0.15, 0.2) is 5.65 Å². The molecule has 4 rings (SSSR count). The highest BCUT2D eigenvalue weighted by Gasteiger charge is 2.29. The summed E-state index contributed by atoms with van der Waals surface area (Å²) in [5.74, 6) is -1.12. The van der Waals surface area contributed by atoms with Crippen molar-refractivity contribution in [2.45, 2.75) is 19.8 Å². The fourth-order valence-electron chi connectivity index (χ4n) is 3.66. The lowest BCUT2D eigenvalue weighted by molar-refractivity contribution is -0.123. The summed E-state index contributed by atoms with van der Waals surface area (Å²) >= 11 is 6.59. The molecular weight excluding hydrogens is 397 g/mol. The zero-order valence-electron chi connectivity index (χ0n) is 15.7. The molecule has 3 aromatic rings. The lowest BCUT2D eigenvalue weighted by atomic mass is 9.96. The molecule has 0 aliphatic carbocycles. The molecule has 29 heavy (non-hydrogen) atoms. The van der Waals surface area contributed by atoms with Crippen LogP contribution in [0.5, 0.6) is 0 Å². The van der Waals surface area contributed by atoms with E-state index in [4.69, 9.17) is 17.3 Å². The first-order chi connectivity index (χ1) is 13.9. The third-order valence-corrected chi connectivity index (χ3v) is 5.69. The minimum atomic E-state index is -0.346. The van der Waals surface area contributed by atoms with Crippen molar-refractivity contribution in [3.63, 3.8) is 0 Å². The number of hydrogen-bond donors (Lipinski definition) is 1. The van der Waals surface area contributed by atoms with E-state index < -0.39 is 0 Å². The van der Waals surface area contributed by atoms with Crippen molar-refractivity contribution in [1.29, 1.82) is 0 Å². The number of rotatable bonds is 3. The number of pyridine rings is 1. The molecule has 0 unspecified atom stereocenters. The summed E-state index contributed by atoms with van der Waals surface area (Å²) in [5, 5.41) is 5.32. The number of carbonyl (C=O) groups is 2. The zero-order valence-corrected chi connectivity index (χ0v) is 16.5. The SMILES string of the molecule is Cc1nn(-c2ccc(F)cc2)c2ncc(C(=O)N3CCC(C(N)=O)CC3)c(Cl)c12. The molecule has 150 valence electrons. The second kappa shape index (κ2) is 7.44. The molecule has 2 N–H and O–H groups in total. The number of aromatic nitrogens is 3. The number of piperidine rings is 1. The van der Waals surface area contributed by atoms with E-state index in [1.165, 1.54) is 18.3 Å². The Bertz CT molecular complexity index is 1100. The highest BCUT2D eigenvalue weighted by molar-refractivity contribution is 6.38. The van der Waals surface area contributed by atoms with Gasteiger partial charge in [-0.15, -0.1) is 0 Å². The first kappa shape index (κ1) is 19.3. The van der Waals surface area contributed by atoms with Crippen LogP contribution in [-0.2, 0) is 4.79 Å². The van der Waals surface area contributed by atoms with Gasteiger partial charge in [-0.05, 0) is 44.0 Å². The van der Waals surface area contributed by atoms with Crippen LogP contribution in [0.15, 0.2) is 30.5 Å². The Labute approximate surface area is 171 Å². The van der Waals surface area contributed by atoms with Gasteiger partial charge in [0.05, 0.1) is 27.4 Å². The van der Waals surface area contributed by atoms with Crippen LogP contribution in [0.1, 0.15) is 28.9 Å². The predicted octanol–water partition coefficient (Wildman–Crippen LogP) is 2.86. The Morgan fingerprint density at radius 1 is 1.21 bits per heavy atom. The van der Waals surface area contributed by atoms with Crippen molar-refractivity contribution in [3.8, 4) is 5.69 Å². The number of nitrogens with zero attached hydrogens (tertiary/aromatic N) is 4. The highest BCUT2D eigenvalue weighted by atomic mass is 35.5. The van der Waals surface area contributed by atoms with Gasteiger partial charge in [-0.2, -0.15) is 5.10 Å². The Morgan fingerprint density at radius 3 is 2.48 bits per heavy atom. The van der Waals surface area contributed by atoms with Crippen LogP contribution in [0.4, 0.5) is 4.39 Å². The second-order valence-electron chi connectivity index (χ2n) is 7.13. The first-order valence-corrected chi connectivity index (χ1v) is 9.63. The van der Waals surface area contributed by atoms with E-state index in [2.05, 4.69) is 10.1 Å². The van der Waals surface area contributed by atoms with Crippen LogP contribution >= 0.6 is 11.6 Å². The van der Waals surface area contributed by atoms with Gasteiger partial charge in [0.1, 0.15) is 5.82 Å². The number of likely N-dealkylation sites (tertiary alicyclic amines) is 1. The number of amides is 2. The normalized spacial score (nSPS) is 15.1. The minimum Gasteiger partial charge on any atom is -0.369 e. The van der Waals surface area contributed by atoms with Crippen LogP contribution in [0, 0.1) is 18.7 Å². The van der Waals surface area contributed by atoms with E-state index in [0.29, 0.717) is 53.9 Å². The van der Waals surface area contributed by atoms with Crippen LogP contribution in [0.25, 0.3) is 16.7 Å². The van der Waals surface area contributed by atoms with E-state index in [0.717, 1.165) is 0 Å². The van der Waals surface area contributed by atoms with E-state index in [9.17, 15) is 14.0 Å². The summed E-state index contributed by atoms with van der Waals surface area (Å²) in [6.45, 7) is 2.66. The van der Waals surface area contributed by atoms with Gasteiger partial charge < -0.3 is 10.6 Å². The van der Waals surface area contributed by atoms with Crippen molar-refractivity contribution >= 4 is 34.4 Å². The molecule has 0 radical (unpaired) electrons. The molecule has 9 heteroatoms. The molecule has 1 aliphatic rings. The minimum absolute atomic E-state index is 0.202. The zero-order chi connectivity index (χ0) is 20.7. The number of benzene rings is 1. The largest absolute Gasteiger partial charge is 0.369 e. The summed E-state index contributed by atoms with van der Waals surface area (Å²) in [5.41, 5.74) is 7.39. The van der Waals surface area contributed by atoms with Gasteiger partial charge in [-0.3, -0.25) is 9.59 Å². The lowest BCUT2D eigenvalue weighted by Crippen LogP contribution is -2.41. The Hall–Kier alpha value is -3.00. The monoisotopic (exact) mass is 415 g/mol. The standard InChI is InChI=1S/C20H19ClFN5O2/c1-11-16-17(21)15(20(29)26-8-6-12(7-9-26)18(23)28)10-24-19(16)27(25-11)14-4-2-13(22)3-5-14/h2-5,10,12H,6-9H2,1H3,(H2,23,28). The Kier molecular flexibility index (Phi) is 4.96. The van der Waals surface area contributed by atoms with Crippen LogP contribution in [-0.4, -0.2) is 44.6 Å². The fraction of sp³-hybridized carbons (Fsp3) is 0.300. The summed E-state index contributed by atoms with van der Waals surface area (Å²) in [7, 11) is 0. The average Bonchev–Trinajstić information content (AvgIpc) is 3.06. The fourth-order valence-corrected chi connectivity index (χ4v) is 4.01. The molecular formula is C20H19ClFN5O2. The van der Waals surface area contributed by atoms with Crippen molar-refractivity contribution in [2.75, 3.05) is 13.1 Å². The molecule has 2 amide bonds. The molecule has 1 fully saturated rings. The number of aryl methyl sites for hydroxylation is 1. The highest BCUT2D eigenvalue weighted by Crippen LogP contribution is 2.31. The van der Waals surface area contributed by atoms with Gasteiger partial charge in [0.25, 0.3) is 5.91 Å². The number of halogens is 2. The van der Waals surface area contributed by atoms with Crippen molar-refractivity contribution in [1.82, 2.24) is 19.7 Å². The Morgan fingerprint density at radius 2 is 1.86 bits per heavy atom. The smallest absolute Gasteiger partial charge is 0.256 e. The molecule has 1 aliphatic heterocycles. The van der Waals surface area contributed by atoms with Crippen LogP contribution in [0.2, 0.25) is 5.02 Å². The van der Waals surface area contributed by atoms with E-state index in [1.54, 1.807) is 28.6 Å². The van der Waals surface area contributed by atoms with E-state index in [-0.39, 0.29) is 28.6 Å². The molecule has 0 bridgehead atoms. The molecule has 3 heterocycles. The van der Waals surface area contributed by atoms with Crippen molar-refractivity contribution in [2.24, 2.45) is 11.7 Å². The number of carbonyl (C=O) groups excluding carboxylic acids is 2. The quantitative estimate of drug-likeness (QED) is 0.711. The Balaban J connectivity index is 1.68. The number of nitrogens with two attached hydrogens (primary N) is 1. The third kappa shape index (κ3) is 3.44. The molecule has 0 saturated carbocycles. The van der Waals surface area contributed by atoms with Crippen molar-refractivity contribution < 1.29 is 14.0 Å². The maximum atomic E-state index is 13.2. The summed E-state index contributed by atoms with van der Waals surface area (Å²) in [4.78, 5) is 30.4. The van der Waals surface area contributed by atoms with Crippen LogP contribution < -0.4 is 5.73 Å². The summed E-state index contributed by atoms with van der Waals surface area (Å²) in [6.07, 6.45) is 2.51. The predicted molar refractivity (Wildman–Crippen MR) is 106 cm³/mol. The van der Waals surface area contributed by atoms with Gasteiger partial charge in [-0.25, -0.2) is 14.1 Å². The molecule has 2 aromatic heterocycles. The van der Waals surface area contributed by atoms with Gasteiger partial charge >= 0.3 is 0 Å². The van der Waals surface area contributed by atoms with Gasteiger partial charge in [0, 0.05) is 25.2 Å². The third-order valence-electron chi connectivity index (χ3n) is 5.29. The maximum absolute atomic E-state index is 13.2. The number of hydrogen-bond acceptors (Lipinski definition) is 4. The van der Waals surface area contributed by atoms with E-state index in [1.807, 2.05) is 0 Å². The molecule has 0 spiro atoms. The average molecular weight is 416 g/mol. The number of fused-ring (bicyclic) bond motifs is 1. The van der Waals surface area contributed by atoms with Gasteiger partial charge in [0.2, 0.25) is 5.91 Å². The van der Waals surface area contributed by atoms with Crippen LogP contribution in [0.3, 0.4) is 0 Å². The summed E-state index contributed by atoms with van der Waals surface area (Å²) < 4.78 is 14.8.